The summed E-state index contributed by atoms with van der Waals surface area (Å²) in [6.07, 6.45) is 1.68. The average molecular weight is 258 g/mol. The zero-order valence-electron chi connectivity index (χ0n) is 3.64. The van der Waals surface area contributed by atoms with Gasteiger partial charge < -0.3 is 0 Å². The van der Waals surface area contributed by atoms with Gasteiger partial charge in [0, 0.05) is 17.6 Å². The Hall–Kier alpha value is 0.622. The maximum absolute atomic E-state index is 4.87. The molecule has 1 aromatic heterocycles. The van der Waals surface area contributed by atoms with Gasteiger partial charge in [0.25, 0.3) is 0 Å². The van der Waals surface area contributed by atoms with Crippen molar-refractivity contribution in [3.05, 3.63) is 18.4 Å². The van der Waals surface area contributed by atoms with E-state index in [0.717, 1.165) is 3.78 Å². The molecule has 0 aliphatic carbocycles. The molecule has 0 fully saturated rings. The normalized spacial score (nSPS) is 7.57. The Kier molecular flexibility index (Phi) is 3.92. The molecule has 0 unspecified atom stereocenters. The van der Waals surface area contributed by atoms with E-state index in [9.17, 15) is 0 Å². The van der Waals surface area contributed by atoms with E-state index in [-0.39, 0.29) is 17.6 Å². The first-order valence-electron chi connectivity index (χ1n) is 1.65. The molecule has 0 saturated heterocycles. The van der Waals surface area contributed by atoms with Gasteiger partial charge in [-0.05, 0) is 0 Å². The van der Waals surface area contributed by atoms with Gasteiger partial charge in [0.1, 0.15) is 0 Å². The quantitative estimate of drug-likeness (QED) is 0.582. The second-order valence-electron chi connectivity index (χ2n) is 0.977. The molecule has 0 aromatic carbocycles. The second kappa shape index (κ2) is 3.60. The third-order valence-corrected chi connectivity index (χ3v) is 1.33. The molecule has 33 valence electrons. The van der Waals surface area contributed by atoms with Crippen LogP contribution in [0.4, 0.5) is 0 Å². The Balaban J connectivity index is 0.000000360. The van der Waals surface area contributed by atoms with E-state index < -0.39 is 0 Å². The van der Waals surface area contributed by atoms with E-state index in [1.807, 2.05) is 12.1 Å². The summed E-state index contributed by atoms with van der Waals surface area (Å²) < 4.78 is 5.93. The minimum atomic E-state index is 0. The Morgan fingerprint density at radius 3 is 2.43 bits per heavy atom. The number of furan rings is 1. The van der Waals surface area contributed by atoms with Crippen molar-refractivity contribution in [1.29, 1.82) is 0 Å². The van der Waals surface area contributed by atoms with Crippen LogP contribution in [0.1, 0.15) is 0 Å². The third kappa shape index (κ3) is 2.43. The van der Waals surface area contributed by atoms with Gasteiger partial charge in [-0.15, -0.1) is 0 Å². The van der Waals surface area contributed by atoms with Gasteiger partial charge in [-0.2, -0.15) is 0 Å². The predicted octanol–water partition coefficient (Wildman–Crippen LogP) is -0.307. The van der Waals surface area contributed by atoms with Crippen molar-refractivity contribution in [2.75, 3.05) is 0 Å². The van der Waals surface area contributed by atoms with Crippen LogP contribution in [0, 0.1) is 0 Å². The molecule has 0 aliphatic rings. The van der Waals surface area contributed by atoms with E-state index in [4.69, 9.17) is 4.42 Å². The van der Waals surface area contributed by atoms with Crippen LogP contribution in [0.2, 0.25) is 0 Å². The summed E-state index contributed by atoms with van der Waals surface area (Å²) >= 11 is 1.34. The summed E-state index contributed by atoms with van der Waals surface area (Å²) in [5.41, 5.74) is 0. The first-order chi connectivity index (χ1) is 2.89. The molecule has 1 nitrogen and oxygen atoms in total. The topological polar surface area (TPSA) is 13.1 Å². The number of hydrogen-bond acceptors (Lipinski definition) is 1. The second-order valence-corrected chi connectivity index (χ2v) is 2.38. The molecule has 1 rings (SSSR count). The molecular weight excluding hydrogens is 255 g/mol. The van der Waals surface area contributed by atoms with Gasteiger partial charge in [0.15, 0.2) is 0 Å². The molecule has 7 heavy (non-hydrogen) atoms. The fourth-order valence-corrected chi connectivity index (χ4v) is 0.747. The fourth-order valence-electron chi connectivity index (χ4n) is 0.279. The molecule has 1 heterocycles. The van der Waals surface area contributed by atoms with Gasteiger partial charge >= 0.3 is 49.1 Å². The van der Waals surface area contributed by atoms with E-state index >= 15 is 0 Å². The van der Waals surface area contributed by atoms with E-state index in [1.54, 1.807) is 6.26 Å². The Bertz CT molecular complexity index is 115. The molecule has 7 radical (unpaired) electrons. The molecule has 1 aromatic rings. The summed E-state index contributed by atoms with van der Waals surface area (Å²) in [6.45, 7) is 0. The van der Waals surface area contributed by atoms with Gasteiger partial charge in [-0.25, -0.2) is 0 Å². The van der Waals surface area contributed by atoms with E-state index in [2.05, 4.69) is 0 Å². The fraction of sp³-hybridized carbons (Fsp3) is 0. The van der Waals surface area contributed by atoms with Gasteiger partial charge in [0.05, 0.1) is 0 Å². The van der Waals surface area contributed by atoms with Crippen molar-refractivity contribution in [3.63, 3.8) is 0 Å². The van der Waals surface area contributed by atoms with Crippen LogP contribution < -0.4 is 3.78 Å². The van der Waals surface area contributed by atoms with Crippen molar-refractivity contribution in [2.24, 2.45) is 0 Å². The van der Waals surface area contributed by atoms with Crippen molar-refractivity contribution >= 4 is 43.9 Å². The monoisotopic (exact) mass is 261 g/mol. The predicted molar refractivity (Wildman–Crippen MR) is 29.8 cm³/mol. The van der Waals surface area contributed by atoms with Crippen LogP contribution in [0.5, 0.6) is 0 Å². The minimum absolute atomic E-state index is 0. The standard InChI is InChI=1S/C4H3O.Ge.Sn/c1-2-4-5-3-1;;/h1-3H;;. The molecule has 0 aliphatic heterocycles. The van der Waals surface area contributed by atoms with Crippen molar-refractivity contribution < 1.29 is 4.42 Å². The van der Waals surface area contributed by atoms with Crippen molar-refractivity contribution in [2.45, 2.75) is 0 Å². The molecule has 0 atom stereocenters. The van der Waals surface area contributed by atoms with Crippen molar-refractivity contribution in [3.8, 4) is 0 Å². The molecule has 0 spiro atoms. The van der Waals surface area contributed by atoms with Crippen LogP contribution in [-0.2, 0) is 0 Å². The Labute approximate surface area is 66.5 Å². The summed E-state index contributed by atoms with van der Waals surface area (Å²) in [7, 11) is 0. The van der Waals surface area contributed by atoms with Crippen LogP contribution in [0.3, 0.4) is 0 Å². The molecule has 3 heteroatoms. The van der Waals surface area contributed by atoms with Crippen LogP contribution >= 0.6 is 0 Å². The Morgan fingerprint density at radius 2 is 2.29 bits per heavy atom. The van der Waals surface area contributed by atoms with Crippen LogP contribution in [0.15, 0.2) is 22.8 Å². The van der Waals surface area contributed by atoms with Crippen LogP contribution in [0.25, 0.3) is 0 Å². The van der Waals surface area contributed by atoms with Gasteiger partial charge in [-0.1, -0.05) is 0 Å². The van der Waals surface area contributed by atoms with Gasteiger partial charge in [-0.3, -0.25) is 0 Å². The van der Waals surface area contributed by atoms with E-state index in [1.165, 1.54) is 22.5 Å². The maximum atomic E-state index is 4.87. The molecule has 0 bridgehead atoms. The summed E-state index contributed by atoms with van der Waals surface area (Å²) in [6, 6.07) is 3.85. The molecule has 0 N–H and O–H groups in total. The molecule has 0 amide bonds. The SMILES string of the molecule is [Ge].[Sn][c]1ccco1. The first-order valence-corrected chi connectivity index (χ1v) is 3.07. The third-order valence-electron chi connectivity index (χ3n) is 0.521. The summed E-state index contributed by atoms with van der Waals surface area (Å²) in [5, 5.41) is 0. The zero-order chi connectivity index (χ0) is 4.41. The van der Waals surface area contributed by atoms with Gasteiger partial charge in [0.2, 0.25) is 0 Å². The molecule has 0 saturated carbocycles. The van der Waals surface area contributed by atoms with E-state index in [0.29, 0.717) is 0 Å². The number of hydrogen-bond donors (Lipinski definition) is 0. The van der Waals surface area contributed by atoms with Crippen LogP contribution in [-0.4, -0.2) is 40.1 Å². The molecular formula is C4H3GeOSn. The zero-order valence-corrected chi connectivity index (χ0v) is 8.59. The summed E-state index contributed by atoms with van der Waals surface area (Å²) in [4.78, 5) is 0. The number of rotatable bonds is 0. The first kappa shape index (κ1) is 7.62. The Morgan fingerprint density at radius 1 is 1.57 bits per heavy atom. The summed E-state index contributed by atoms with van der Waals surface area (Å²) in [5.74, 6) is 0. The average Bonchev–Trinajstić information content (AvgIpc) is 1.86. The van der Waals surface area contributed by atoms with Crippen molar-refractivity contribution in [1.82, 2.24) is 0 Å².